The van der Waals surface area contributed by atoms with Crippen molar-refractivity contribution in [2.24, 2.45) is 0 Å². The van der Waals surface area contributed by atoms with Crippen molar-refractivity contribution in [1.29, 1.82) is 0 Å². The molecule has 0 aliphatic heterocycles. The number of halogens is 1. The van der Waals surface area contributed by atoms with Crippen LogP contribution in [0.4, 0.5) is 0 Å². The highest BCUT2D eigenvalue weighted by atomic mass is 79.9. The minimum atomic E-state index is -1.91. The molecule has 41 heavy (non-hydrogen) atoms. The van der Waals surface area contributed by atoms with Crippen molar-refractivity contribution < 1.29 is 26.5 Å². The summed E-state index contributed by atoms with van der Waals surface area (Å²) < 4.78 is 5.56. The number of fused-ring (bicyclic) bond motifs is 1. The van der Waals surface area contributed by atoms with Gasteiger partial charge in [0.15, 0.2) is 0 Å². The largest absolute Gasteiger partial charge is 1.00 e. The first kappa shape index (κ1) is 28.5. The summed E-state index contributed by atoms with van der Waals surface area (Å²) in [6.07, 6.45) is 0. The van der Waals surface area contributed by atoms with E-state index in [1.165, 1.54) is 27.0 Å². The van der Waals surface area contributed by atoms with E-state index in [0.717, 1.165) is 16.3 Å². The molecule has 0 N–H and O–H groups in total. The Hall–Kier alpha value is -4.04. The lowest BCUT2D eigenvalue weighted by atomic mass is 10.00. The average Bonchev–Trinajstić information content (AvgIpc) is 3.04. The van der Waals surface area contributed by atoms with Gasteiger partial charge in [0.25, 0.3) is 0 Å². The van der Waals surface area contributed by atoms with Crippen LogP contribution in [0.25, 0.3) is 21.9 Å². The fraction of sp³-hybridized carbons (Fsp3) is 0.0541. The molecule has 2 nitrogen and oxygen atoms in total. The Labute approximate surface area is 252 Å². The zero-order valence-electron chi connectivity index (χ0n) is 22.8. The molecule has 4 heteroatoms. The van der Waals surface area contributed by atoms with E-state index in [2.05, 4.69) is 110 Å². The van der Waals surface area contributed by atoms with Crippen LogP contribution in [-0.4, -0.2) is 12.6 Å². The maximum Gasteiger partial charge on any atom is 0.338 e. The van der Waals surface area contributed by atoms with E-state index >= 15 is 0 Å². The normalized spacial score (nSPS) is 11.0. The lowest BCUT2D eigenvalue weighted by molar-refractivity contribution is -0.0000258. The van der Waals surface area contributed by atoms with Crippen LogP contribution < -0.4 is 32.9 Å². The number of rotatable bonds is 7. The fourth-order valence-corrected chi connectivity index (χ4v) is 8.79. The number of carbonyl (C=O) groups excluding carboxylic acids is 1. The van der Waals surface area contributed by atoms with Crippen molar-refractivity contribution in [3.8, 4) is 11.1 Å². The van der Waals surface area contributed by atoms with Crippen LogP contribution in [-0.2, 0) is 11.3 Å². The molecule has 0 aliphatic carbocycles. The van der Waals surface area contributed by atoms with E-state index in [1.54, 1.807) is 0 Å². The first-order valence-corrected chi connectivity index (χ1v) is 15.7. The molecule has 6 aromatic rings. The van der Waals surface area contributed by atoms with Gasteiger partial charge in [-0.1, -0.05) is 103 Å². The molecule has 6 aromatic carbocycles. The van der Waals surface area contributed by atoms with Gasteiger partial charge in [0.05, 0.1) is 12.2 Å². The number of carbonyl (C=O) groups is 1. The Morgan fingerprint density at radius 3 is 1.80 bits per heavy atom. The molecule has 6 rings (SSSR count). The van der Waals surface area contributed by atoms with Crippen LogP contribution in [0.2, 0.25) is 0 Å². The summed E-state index contributed by atoms with van der Waals surface area (Å²) in [4.78, 5) is 12.8. The molecular weight excluding hydrogens is 587 g/mol. The quantitative estimate of drug-likeness (QED) is 0.190. The van der Waals surface area contributed by atoms with Crippen LogP contribution >= 0.6 is 7.26 Å². The van der Waals surface area contributed by atoms with Gasteiger partial charge in [-0.25, -0.2) is 4.79 Å². The summed E-state index contributed by atoms with van der Waals surface area (Å²) in [5, 5.41) is 6.17. The minimum Gasteiger partial charge on any atom is -1.00 e. The van der Waals surface area contributed by atoms with Gasteiger partial charge in [-0.15, -0.1) is 0 Å². The second-order valence-corrected chi connectivity index (χ2v) is 13.6. The Bertz CT molecular complexity index is 1730. The fourth-order valence-electron chi connectivity index (χ4n) is 5.33. The zero-order valence-corrected chi connectivity index (χ0v) is 25.3. The van der Waals surface area contributed by atoms with Gasteiger partial charge in [0.2, 0.25) is 0 Å². The first-order valence-electron chi connectivity index (χ1n) is 13.5. The highest BCUT2D eigenvalue weighted by molar-refractivity contribution is 7.95. The summed E-state index contributed by atoms with van der Waals surface area (Å²) in [5.41, 5.74) is 3.93. The lowest BCUT2D eigenvalue weighted by Gasteiger charge is -2.25. The van der Waals surface area contributed by atoms with Gasteiger partial charge >= 0.3 is 5.97 Å². The predicted molar refractivity (Wildman–Crippen MR) is 170 cm³/mol. The molecule has 0 aromatic heterocycles. The maximum absolute atomic E-state index is 12.8. The van der Waals surface area contributed by atoms with E-state index in [1.807, 2.05) is 48.5 Å². The Morgan fingerprint density at radius 1 is 0.610 bits per heavy atom. The van der Waals surface area contributed by atoms with Crippen molar-refractivity contribution in [3.63, 3.8) is 0 Å². The van der Waals surface area contributed by atoms with Crippen molar-refractivity contribution in [2.45, 2.75) is 6.61 Å². The van der Waals surface area contributed by atoms with Gasteiger partial charge in [-0.3, -0.25) is 0 Å². The molecule has 0 spiro atoms. The van der Waals surface area contributed by atoms with E-state index in [9.17, 15) is 4.79 Å². The molecule has 0 saturated carbocycles. The maximum atomic E-state index is 12.8. The molecule has 202 valence electrons. The third-order valence-corrected chi connectivity index (χ3v) is 11.5. The van der Waals surface area contributed by atoms with Crippen molar-refractivity contribution in [1.82, 2.24) is 0 Å². The van der Waals surface area contributed by atoms with Crippen LogP contribution in [0.1, 0.15) is 15.9 Å². The van der Waals surface area contributed by atoms with Gasteiger partial charge in [-0.05, 0) is 70.4 Å². The number of ether oxygens (including phenoxy) is 1. The summed E-state index contributed by atoms with van der Waals surface area (Å²) in [5.74, 6) is -0.313. The Morgan fingerprint density at radius 2 is 1.15 bits per heavy atom. The summed E-state index contributed by atoms with van der Waals surface area (Å²) >= 11 is 0. The third-order valence-electron chi connectivity index (χ3n) is 7.53. The van der Waals surface area contributed by atoms with Gasteiger partial charge in [0, 0.05) is 5.56 Å². The summed E-state index contributed by atoms with van der Waals surface area (Å²) in [6, 6.07) is 52.6. The molecule has 0 bridgehead atoms. The smallest absolute Gasteiger partial charge is 0.338 e. The highest BCUT2D eigenvalue weighted by Gasteiger charge is 2.41. The molecular formula is C37H30BrO2P. The van der Waals surface area contributed by atoms with Crippen LogP contribution in [0.3, 0.4) is 0 Å². The minimum absolute atomic E-state index is 0. The molecule has 0 saturated heterocycles. The number of hydrogen-bond acceptors (Lipinski definition) is 2. The Balaban J connectivity index is 0.00000337. The second-order valence-electron chi connectivity index (χ2n) is 10.0. The molecule has 0 radical (unpaired) electrons. The van der Waals surface area contributed by atoms with E-state index < -0.39 is 7.26 Å². The van der Waals surface area contributed by atoms with Gasteiger partial charge in [-0.2, -0.15) is 0 Å². The van der Waals surface area contributed by atoms with Crippen LogP contribution in [0.5, 0.6) is 0 Å². The second kappa shape index (κ2) is 12.6. The molecule has 0 heterocycles. The van der Waals surface area contributed by atoms with Crippen LogP contribution in [0.15, 0.2) is 152 Å². The lowest BCUT2D eigenvalue weighted by Crippen LogP contribution is -3.00. The number of hydrogen-bond donors (Lipinski definition) is 0. The molecule has 0 fully saturated rings. The first-order chi connectivity index (χ1) is 19.6. The topological polar surface area (TPSA) is 26.3 Å². The SMILES string of the molecule is C[P+](c1ccccc1)(c1ccccc1)c1ccccc1-c1ccc2cc(C(=O)OCc3ccccc3)ccc2c1.[Br-]. The molecule has 0 aliphatic rings. The third kappa shape index (κ3) is 5.88. The van der Waals surface area contributed by atoms with Crippen molar-refractivity contribution >= 4 is 39.9 Å². The molecule has 0 amide bonds. The molecule has 0 atom stereocenters. The van der Waals surface area contributed by atoms with E-state index in [4.69, 9.17) is 4.74 Å². The van der Waals surface area contributed by atoms with E-state index in [-0.39, 0.29) is 29.6 Å². The van der Waals surface area contributed by atoms with Gasteiger partial charge in [0.1, 0.15) is 29.8 Å². The van der Waals surface area contributed by atoms with Crippen LogP contribution in [0, 0.1) is 0 Å². The van der Waals surface area contributed by atoms with Crippen molar-refractivity contribution in [2.75, 3.05) is 6.66 Å². The van der Waals surface area contributed by atoms with E-state index in [0.29, 0.717) is 5.56 Å². The predicted octanol–water partition coefficient (Wildman–Crippen LogP) is 4.79. The standard InChI is InChI=1S/C37H30O2P.BrH/c1-40(33-15-7-3-8-16-33,34-17-9-4-10-18-34)36-20-12-11-19-35(36)31-23-21-30-26-32(24-22-29(30)25-31)37(38)39-27-28-13-5-2-6-14-28;/h2-26H,27H2,1H3;1H/q+1;/p-1. The Kier molecular flexibility index (Phi) is 8.78. The summed E-state index contributed by atoms with van der Waals surface area (Å²) in [6.45, 7) is 2.68. The number of benzene rings is 6. The monoisotopic (exact) mass is 616 g/mol. The zero-order chi connectivity index (χ0) is 27.4. The van der Waals surface area contributed by atoms with Crippen molar-refractivity contribution in [3.05, 3.63) is 163 Å². The highest BCUT2D eigenvalue weighted by Crippen LogP contribution is 2.53. The van der Waals surface area contributed by atoms with Gasteiger partial charge < -0.3 is 21.7 Å². The number of esters is 1. The molecule has 0 unspecified atom stereocenters. The summed E-state index contributed by atoms with van der Waals surface area (Å²) in [7, 11) is -1.91. The average molecular weight is 618 g/mol.